The molecule has 0 aliphatic carbocycles. The van der Waals surface area contributed by atoms with Gasteiger partial charge in [-0.1, -0.05) is 30.3 Å². The van der Waals surface area contributed by atoms with Gasteiger partial charge in [0, 0.05) is 23.6 Å². The van der Waals surface area contributed by atoms with Gasteiger partial charge >= 0.3 is 0 Å². The van der Waals surface area contributed by atoms with Crippen molar-refractivity contribution in [3.8, 4) is 5.75 Å². The number of nitrogens with one attached hydrogen (secondary N) is 1. The molecule has 0 bridgehead atoms. The number of ether oxygens (including phenoxy) is 1. The fraction of sp³-hybridized carbons (Fsp3) is 0.0833. The molecule has 1 N–H and O–H groups in total. The number of pyridine rings is 1. The fourth-order valence-electron chi connectivity index (χ4n) is 2.89. The molecule has 4 rings (SSSR count). The zero-order chi connectivity index (χ0) is 19.9. The lowest BCUT2D eigenvalue weighted by atomic mass is 10.1. The van der Waals surface area contributed by atoms with Gasteiger partial charge in [-0.3, -0.25) is 9.78 Å². The van der Waals surface area contributed by atoms with Crippen LogP contribution in [0.2, 0.25) is 0 Å². The second kappa shape index (κ2) is 9.17. The van der Waals surface area contributed by atoms with E-state index in [4.69, 9.17) is 4.74 Å². The number of rotatable bonds is 7. The summed E-state index contributed by atoms with van der Waals surface area (Å²) >= 11 is 1.42. The van der Waals surface area contributed by atoms with Crippen molar-refractivity contribution in [2.24, 2.45) is 0 Å². The zero-order valence-electron chi connectivity index (χ0n) is 15.7. The van der Waals surface area contributed by atoms with Crippen LogP contribution in [-0.2, 0) is 13.0 Å². The van der Waals surface area contributed by atoms with E-state index in [-0.39, 0.29) is 5.91 Å². The summed E-state index contributed by atoms with van der Waals surface area (Å²) in [6, 6.07) is 23.5. The molecular weight excluding hydrogens is 380 g/mol. The number of carbonyl (C=O) groups is 1. The second-order valence-corrected chi connectivity index (χ2v) is 7.52. The standard InChI is InChI=1S/C24H20N2O2S/c27-24(23-15-20(17-29-23)16-28-22-4-2-1-3-5-22)26-21-8-6-18(7-9-21)14-19-10-12-25-13-11-19/h1-13,15,17H,14,16H2,(H,26,27). The zero-order valence-corrected chi connectivity index (χ0v) is 16.6. The van der Waals surface area contributed by atoms with Crippen LogP contribution in [-0.4, -0.2) is 10.9 Å². The molecule has 4 nitrogen and oxygen atoms in total. The molecule has 0 aliphatic heterocycles. The third kappa shape index (κ3) is 5.30. The first-order valence-electron chi connectivity index (χ1n) is 9.31. The highest BCUT2D eigenvalue weighted by Gasteiger charge is 2.10. The average molecular weight is 401 g/mol. The number of benzene rings is 2. The van der Waals surface area contributed by atoms with Gasteiger partial charge in [0.1, 0.15) is 12.4 Å². The van der Waals surface area contributed by atoms with Crippen LogP contribution in [0.4, 0.5) is 5.69 Å². The molecule has 0 unspecified atom stereocenters. The van der Waals surface area contributed by atoms with Gasteiger partial charge < -0.3 is 10.1 Å². The van der Waals surface area contributed by atoms with E-state index in [1.165, 1.54) is 22.5 Å². The highest BCUT2D eigenvalue weighted by Crippen LogP contribution is 2.20. The van der Waals surface area contributed by atoms with E-state index in [0.717, 1.165) is 23.4 Å². The minimum absolute atomic E-state index is 0.108. The van der Waals surface area contributed by atoms with E-state index >= 15 is 0 Å². The van der Waals surface area contributed by atoms with Gasteiger partial charge in [-0.15, -0.1) is 11.3 Å². The number of carbonyl (C=O) groups excluding carboxylic acids is 1. The van der Waals surface area contributed by atoms with Gasteiger partial charge in [0.25, 0.3) is 5.91 Å². The Morgan fingerprint density at radius 1 is 0.897 bits per heavy atom. The monoisotopic (exact) mass is 400 g/mol. The topological polar surface area (TPSA) is 51.2 Å². The van der Waals surface area contributed by atoms with Crippen molar-refractivity contribution >= 4 is 22.9 Å². The normalized spacial score (nSPS) is 10.5. The van der Waals surface area contributed by atoms with Crippen molar-refractivity contribution in [2.45, 2.75) is 13.0 Å². The number of hydrogen-bond donors (Lipinski definition) is 1. The molecule has 0 aliphatic rings. The van der Waals surface area contributed by atoms with E-state index in [1.807, 2.05) is 78.2 Å². The third-order valence-electron chi connectivity index (χ3n) is 4.40. The highest BCUT2D eigenvalue weighted by atomic mass is 32.1. The Morgan fingerprint density at radius 3 is 2.38 bits per heavy atom. The minimum atomic E-state index is -0.108. The fourth-order valence-corrected chi connectivity index (χ4v) is 3.68. The maximum Gasteiger partial charge on any atom is 0.265 e. The molecule has 4 aromatic rings. The Balaban J connectivity index is 1.32. The van der Waals surface area contributed by atoms with Gasteiger partial charge in [-0.05, 0) is 65.4 Å². The Hall–Kier alpha value is -3.44. The maximum atomic E-state index is 12.5. The Labute approximate surface area is 173 Å². The van der Waals surface area contributed by atoms with Gasteiger partial charge in [-0.25, -0.2) is 0 Å². The largest absolute Gasteiger partial charge is 0.489 e. The molecule has 29 heavy (non-hydrogen) atoms. The average Bonchev–Trinajstić information content (AvgIpc) is 3.24. The lowest BCUT2D eigenvalue weighted by molar-refractivity contribution is 0.103. The van der Waals surface area contributed by atoms with Crippen LogP contribution in [0, 0.1) is 0 Å². The molecule has 2 aromatic carbocycles. The third-order valence-corrected chi connectivity index (χ3v) is 5.37. The van der Waals surface area contributed by atoms with E-state index in [9.17, 15) is 4.79 Å². The number of thiophene rings is 1. The summed E-state index contributed by atoms with van der Waals surface area (Å²) in [5.41, 5.74) is 4.16. The van der Waals surface area contributed by atoms with E-state index in [1.54, 1.807) is 12.4 Å². The molecule has 2 aromatic heterocycles. The van der Waals surface area contributed by atoms with Crippen LogP contribution in [0.5, 0.6) is 5.75 Å². The quantitative estimate of drug-likeness (QED) is 0.441. The predicted molar refractivity (Wildman–Crippen MR) is 117 cm³/mol. The van der Waals surface area contributed by atoms with E-state index in [2.05, 4.69) is 10.3 Å². The van der Waals surface area contributed by atoms with Crippen molar-refractivity contribution in [1.29, 1.82) is 0 Å². The molecule has 1 amide bonds. The van der Waals surface area contributed by atoms with Gasteiger partial charge in [0.2, 0.25) is 0 Å². The van der Waals surface area contributed by atoms with Crippen LogP contribution in [0.1, 0.15) is 26.4 Å². The summed E-state index contributed by atoms with van der Waals surface area (Å²) in [5, 5.41) is 4.91. The summed E-state index contributed by atoms with van der Waals surface area (Å²) in [4.78, 5) is 17.2. The van der Waals surface area contributed by atoms with Crippen LogP contribution in [0.3, 0.4) is 0 Å². The number of hydrogen-bond acceptors (Lipinski definition) is 4. The predicted octanol–water partition coefficient (Wildman–Crippen LogP) is 5.57. The van der Waals surface area contributed by atoms with Crippen molar-refractivity contribution in [1.82, 2.24) is 4.98 Å². The van der Waals surface area contributed by atoms with Crippen molar-refractivity contribution in [3.05, 3.63) is 112 Å². The molecule has 2 heterocycles. The molecule has 0 radical (unpaired) electrons. The number of amides is 1. The molecule has 0 fully saturated rings. The number of nitrogens with zero attached hydrogens (tertiary/aromatic N) is 1. The Morgan fingerprint density at radius 2 is 1.62 bits per heavy atom. The number of para-hydroxylation sites is 1. The number of aromatic nitrogens is 1. The van der Waals surface area contributed by atoms with Crippen LogP contribution >= 0.6 is 11.3 Å². The van der Waals surface area contributed by atoms with Gasteiger partial charge in [-0.2, -0.15) is 0 Å². The summed E-state index contributed by atoms with van der Waals surface area (Å²) < 4.78 is 5.74. The van der Waals surface area contributed by atoms with Crippen molar-refractivity contribution < 1.29 is 9.53 Å². The van der Waals surface area contributed by atoms with Crippen molar-refractivity contribution in [3.63, 3.8) is 0 Å². The molecule has 0 atom stereocenters. The summed E-state index contributed by atoms with van der Waals surface area (Å²) in [5.74, 6) is 0.708. The smallest absolute Gasteiger partial charge is 0.265 e. The molecule has 0 saturated heterocycles. The summed E-state index contributed by atoms with van der Waals surface area (Å²) in [6.07, 6.45) is 4.43. The van der Waals surface area contributed by atoms with Crippen LogP contribution in [0.15, 0.2) is 90.6 Å². The Bertz CT molecular complexity index is 1060. The van der Waals surface area contributed by atoms with Crippen LogP contribution < -0.4 is 10.1 Å². The van der Waals surface area contributed by atoms with E-state index < -0.39 is 0 Å². The first-order chi connectivity index (χ1) is 14.3. The summed E-state index contributed by atoms with van der Waals surface area (Å²) in [6.45, 7) is 0.442. The van der Waals surface area contributed by atoms with Gasteiger partial charge in [0.05, 0.1) is 4.88 Å². The molecule has 0 saturated carbocycles. The lowest BCUT2D eigenvalue weighted by Crippen LogP contribution is -2.10. The highest BCUT2D eigenvalue weighted by molar-refractivity contribution is 7.12. The first kappa shape index (κ1) is 18.9. The van der Waals surface area contributed by atoms with E-state index in [0.29, 0.717) is 11.5 Å². The summed E-state index contributed by atoms with van der Waals surface area (Å²) in [7, 11) is 0. The molecule has 0 spiro atoms. The Kier molecular flexibility index (Phi) is 5.98. The SMILES string of the molecule is O=C(Nc1ccc(Cc2ccncc2)cc1)c1cc(COc2ccccc2)cs1. The van der Waals surface area contributed by atoms with Gasteiger partial charge in [0.15, 0.2) is 0 Å². The lowest BCUT2D eigenvalue weighted by Gasteiger charge is -2.06. The molecule has 5 heteroatoms. The van der Waals surface area contributed by atoms with Crippen LogP contribution in [0.25, 0.3) is 0 Å². The molecule has 144 valence electrons. The second-order valence-electron chi connectivity index (χ2n) is 6.60. The first-order valence-corrected chi connectivity index (χ1v) is 10.2. The minimum Gasteiger partial charge on any atom is -0.489 e. The molecular formula is C24H20N2O2S. The maximum absolute atomic E-state index is 12.5. The van der Waals surface area contributed by atoms with Crippen molar-refractivity contribution in [2.75, 3.05) is 5.32 Å². The number of anilines is 1.